The Balaban J connectivity index is 2.24. The Morgan fingerprint density at radius 1 is 1.32 bits per heavy atom. The van der Waals surface area contributed by atoms with Gasteiger partial charge in [-0.05, 0) is 30.7 Å². The summed E-state index contributed by atoms with van der Waals surface area (Å²) in [5.41, 5.74) is 9.43. The SMILES string of the molecule is Cc1cccc(N(C)Cc2cccnc2C(=N)N)c1. The third-order valence-electron chi connectivity index (χ3n) is 3.00. The molecule has 0 saturated carbocycles. The largest absolute Gasteiger partial charge is 0.382 e. The highest BCUT2D eigenvalue weighted by atomic mass is 15.1. The molecule has 0 amide bonds. The number of nitrogen functional groups attached to an aromatic ring is 1. The number of benzene rings is 1. The van der Waals surface area contributed by atoms with Crippen molar-refractivity contribution in [3.05, 3.63) is 59.4 Å². The number of nitrogens with one attached hydrogen (secondary N) is 1. The molecule has 0 unspecified atom stereocenters. The van der Waals surface area contributed by atoms with Gasteiger partial charge in [0.2, 0.25) is 0 Å². The van der Waals surface area contributed by atoms with Crippen LogP contribution in [0.1, 0.15) is 16.8 Å². The van der Waals surface area contributed by atoms with Crippen LogP contribution in [0.5, 0.6) is 0 Å². The van der Waals surface area contributed by atoms with Gasteiger partial charge >= 0.3 is 0 Å². The molecule has 0 fully saturated rings. The summed E-state index contributed by atoms with van der Waals surface area (Å²) in [4.78, 5) is 6.29. The van der Waals surface area contributed by atoms with Crippen LogP contribution in [0.25, 0.3) is 0 Å². The zero-order chi connectivity index (χ0) is 13.8. The summed E-state index contributed by atoms with van der Waals surface area (Å²) < 4.78 is 0. The van der Waals surface area contributed by atoms with Gasteiger partial charge in [-0.1, -0.05) is 18.2 Å². The number of hydrogen-bond donors (Lipinski definition) is 2. The van der Waals surface area contributed by atoms with Gasteiger partial charge in [0, 0.05) is 31.0 Å². The predicted molar refractivity (Wildman–Crippen MR) is 78.5 cm³/mol. The predicted octanol–water partition coefficient (Wildman–Crippen LogP) is 2.31. The molecule has 0 saturated heterocycles. The smallest absolute Gasteiger partial charge is 0.142 e. The Hall–Kier alpha value is -2.36. The van der Waals surface area contributed by atoms with E-state index in [1.807, 2.05) is 25.2 Å². The zero-order valence-corrected chi connectivity index (χ0v) is 11.2. The monoisotopic (exact) mass is 254 g/mol. The van der Waals surface area contributed by atoms with E-state index < -0.39 is 0 Å². The van der Waals surface area contributed by atoms with E-state index in [2.05, 4.69) is 35.0 Å². The molecule has 1 aromatic heterocycles. The maximum absolute atomic E-state index is 7.56. The zero-order valence-electron chi connectivity index (χ0n) is 11.2. The minimum absolute atomic E-state index is 0.00763. The van der Waals surface area contributed by atoms with E-state index in [-0.39, 0.29) is 5.84 Å². The van der Waals surface area contributed by atoms with Gasteiger partial charge in [0.05, 0.1) is 0 Å². The lowest BCUT2D eigenvalue weighted by atomic mass is 10.1. The third kappa shape index (κ3) is 3.10. The van der Waals surface area contributed by atoms with E-state index in [4.69, 9.17) is 11.1 Å². The molecule has 4 heteroatoms. The van der Waals surface area contributed by atoms with Crippen molar-refractivity contribution in [1.29, 1.82) is 5.41 Å². The Kier molecular flexibility index (Phi) is 3.80. The standard InChI is InChI=1S/C15H18N4/c1-11-5-3-7-13(9-11)19(2)10-12-6-4-8-18-14(12)15(16)17/h3-9H,10H2,1-2H3,(H3,16,17). The van der Waals surface area contributed by atoms with Gasteiger partial charge in [-0.25, -0.2) is 0 Å². The molecule has 2 rings (SSSR count). The summed E-state index contributed by atoms with van der Waals surface area (Å²) in [5, 5.41) is 7.56. The molecule has 1 heterocycles. The molecule has 0 aliphatic heterocycles. The number of pyridine rings is 1. The fraction of sp³-hybridized carbons (Fsp3) is 0.200. The van der Waals surface area contributed by atoms with E-state index in [0.717, 1.165) is 11.3 Å². The number of aryl methyl sites for hydroxylation is 1. The van der Waals surface area contributed by atoms with Gasteiger partial charge in [-0.2, -0.15) is 0 Å². The molecule has 0 radical (unpaired) electrons. The van der Waals surface area contributed by atoms with Crippen molar-refractivity contribution in [1.82, 2.24) is 4.98 Å². The Morgan fingerprint density at radius 3 is 2.79 bits per heavy atom. The number of aromatic nitrogens is 1. The van der Waals surface area contributed by atoms with E-state index in [9.17, 15) is 0 Å². The topological polar surface area (TPSA) is 66.0 Å². The minimum atomic E-state index is 0.00763. The highest BCUT2D eigenvalue weighted by molar-refractivity contribution is 5.94. The number of anilines is 1. The molecule has 0 aliphatic carbocycles. The summed E-state index contributed by atoms with van der Waals surface area (Å²) in [6.45, 7) is 2.74. The first kappa shape index (κ1) is 13.1. The fourth-order valence-corrected chi connectivity index (χ4v) is 2.02. The molecular weight excluding hydrogens is 236 g/mol. The lowest BCUT2D eigenvalue weighted by Gasteiger charge is -2.21. The van der Waals surface area contributed by atoms with Crippen molar-refractivity contribution < 1.29 is 0 Å². The molecule has 0 aliphatic rings. The van der Waals surface area contributed by atoms with Crippen molar-refractivity contribution >= 4 is 11.5 Å². The van der Waals surface area contributed by atoms with Crippen LogP contribution >= 0.6 is 0 Å². The molecule has 2 aromatic rings. The maximum atomic E-state index is 7.56. The quantitative estimate of drug-likeness (QED) is 0.650. The molecule has 19 heavy (non-hydrogen) atoms. The first-order valence-corrected chi connectivity index (χ1v) is 6.14. The normalized spacial score (nSPS) is 10.2. The van der Waals surface area contributed by atoms with E-state index in [0.29, 0.717) is 12.2 Å². The minimum Gasteiger partial charge on any atom is -0.382 e. The van der Waals surface area contributed by atoms with E-state index >= 15 is 0 Å². The van der Waals surface area contributed by atoms with Crippen molar-refractivity contribution in [2.45, 2.75) is 13.5 Å². The summed E-state index contributed by atoms with van der Waals surface area (Å²) in [5.74, 6) is 0.00763. The van der Waals surface area contributed by atoms with Crippen LogP contribution in [0.3, 0.4) is 0 Å². The number of amidine groups is 1. The van der Waals surface area contributed by atoms with Crippen molar-refractivity contribution in [2.24, 2.45) is 5.73 Å². The van der Waals surface area contributed by atoms with Gasteiger partial charge in [0.25, 0.3) is 0 Å². The van der Waals surface area contributed by atoms with Gasteiger partial charge in [-0.15, -0.1) is 0 Å². The number of nitrogens with zero attached hydrogens (tertiary/aromatic N) is 2. The fourth-order valence-electron chi connectivity index (χ4n) is 2.02. The lowest BCUT2D eigenvalue weighted by Crippen LogP contribution is -2.22. The first-order valence-electron chi connectivity index (χ1n) is 6.14. The van der Waals surface area contributed by atoms with Gasteiger partial charge < -0.3 is 10.6 Å². The first-order chi connectivity index (χ1) is 9.08. The van der Waals surface area contributed by atoms with Crippen LogP contribution in [-0.2, 0) is 6.54 Å². The van der Waals surface area contributed by atoms with Crippen molar-refractivity contribution in [2.75, 3.05) is 11.9 Å². The van der Waals surface area contributed by atoms with Gasteiger partial charge in [0.15, 0.2) is 0 Å². The van der Waals surface area contributed by atoms with Crippen molar-refractivity contribution in [3.63, 3.8) is 0 Å². The maximum Gasteiger partial charge on any atom is 0.142 e. The second-order valence-electron chi connectivity index (χ2n) is 4.62. The van der Waals surface area contributed by atoms with Crippen LogP contribution < -0.4 is 10.6 Å². The Labute approximate surface area is 113 Å². The summed E-state index contributed by atoms with van der Waals surface area (Å²) in [6, 6.07) is 12.1. The molecule has 0 spiro atoms. The van der Waals surface area contributed by atoms with Gasteiger partial charge in [-0.3, -0.25) is 10.4 Å². The van der Waals surface area contributed by atoms with Crippen LogP contribution in [0.15, 0.2) is 42.6 Å². The van der Waals surface area contributed by atoms with Crippen molar-refractivity contribution in [3.8, 4) is 0 Å². The number of nitrogens with two attached hydrogens (primary N) is 1. The molecule has 0 atom stereocenters. The van der Waals surface area contributed by atoms with E-state index in [1.165, 1.54) is 5.56 Å². The van der Waals surface area contributed by atoms with Crippen LogP contribution in [0.4, 0.5) is 5.69 Å². The Morgan fingerprint density at radius 2 is 2.11 bits per heavy atom. The van der Waals surface area contributed by atoms with Crippen LogP contribution in [0.2, 0.25) is 0 Å². The molecule has 0 bridgehead atoms. The summed E-state index contributed by atoms with van der Waals surface area (Å²) in [7, 11) is 2.02. The molecular formula is C15H18N4. The molecule has 98 valence electrons. The van der Waals surface area contributed by atoms with Crippen LogP contribution in [-0.4, -0.2) is 17.9 Å². The molecule has 1 aromatic carbocycles. The summed E-state index contributed by atoms with van der Waals surface area (Å²) in [6.07, 6.45) is 1.66. The second-order valence-corrected chi connectivity index (χ2v) is 4.62. The lowest BCUT2D eigenvalue weighted by molar-refractivity contribution is 0.909. The highest BCUT2D eigenvalue weighted by Crippen LogP contribution is 2.17. The average molecular weight is 254 g/mol. The van der Waals surface area contributed by atoms with E-state index in [1.54, 1.807) is 6.20 Å². The number of rotatable bonds is 4. The Bertz CT molecular complexity index is 592. The third-order valence-corrected chi connectivity index (χ3v) is 3.00. The number of hydrogen-bond acceptors (Lipinski definition) is 3. The van der Waals surface area contributed by atoms with Gasteiger partial charge in [0.1, 0.15) is 11.5 Å². The second kappa shape index (κ2) is 5.52. The van der Waals surface area contributed by atoms with Crippen LogP contribution in [0, 0.1) is 12.3 Å². The average Bonchev–Trinajstić information content (AvgIpc) is 2.39. The highest BCUT2D eigenvalue weighted by Gasteiger charge is 2.09. The molecule has 3 N–H and O–H groups in total. The molecule has 4 nitrogen and oxygen atoms in total. The summed E-state index contributed by atoms with van der Waals surface area (Å²) >= 11 is 0.